The molecule has 1 saturated heterocycles. The average Bonchev–Trinajstić information content (AvgIpc) is 3.12. The van der Waals surface area contributed by atoms with E-state index in [1.54, 1.807) is 4.90 Å². The molecule has 1 saturated carbocycles. The molecule has 0 aromatic heterocycles. The van der Waals surface area contributed by atoms with Gasteiger partial charge in [-0.3, -0.25) is 9.59 Å². The normalized spacial score (nSPS) is 25.8. The zero-order chi connectivity index (χ0) is 12.8. The fraction of sp³-hybridized carbons (Fsp3) is 0.429. The first kappa shape index (κ1) is 11.3. The van der Waals surface area contributed by atoms with Crippen LogP contribution in [0.5, 0.6) is 0 Å². The third-order valence-electron chi connectivity index (χ3n) is 3.88. The summed E-state index contributed by atoms with van der Waals surface area (Å²) in [6, 6.07) is 8.89. The van der Waals surface area contributed by atoms with Gasteiger partial charge in [-0.15, -0.1) is 0 Å². The fourth-order valence-corrected chi connectivity index (χ4v) is 2.42. The van der Waals surface area contributed by atoms with Gasteiger partial charge in [0.1, 0.15) is 12.6 Å². The molecule has 3 rings (SSSR count). The largest absolute Gasteiger partial charge is 0.339 e. The smallest absolute Gasteiger partial charge is 0.250 e. The number of benzene rings is 1. The molecule has 2 fully saturated rings. The van der Waals surface area contributed by atoms with Gasteiger partial charge in [-0.25, -0.2) is 0 Å². The molecule has 1 aliphatic carbocycles. The Kier molecular flexibility index (Phi) is 2.40. The van der Waals surface area contributed by atoms with Gasteiger partial charge in [-0.05, 0) is 25.3 Å². The minimum absolute atomic E-state index is 0.0146. The Morgan fingerprint density at radius 3 is 2.50 bits per heavy atom. The van der Waals surface area contributed by atoms with Crippen molar-refractivity contribution < 1.29 is 9.59 Å². The van der Waals surface area contributed by atoms with Crippen molar-refractivity contribution in [3.63, 3.8) is 0 Å². The van der Waals surface area contributed by atoms with Crippen LogP contribution < -0.4 is 5.32 Å². The molecule has 18 heavy (non-hydrogen) atoms. The predicted molar refractivity (Wildman–Crippen MR) is 66.7 cm³/mol. The Morgan fingerprint density at radius 1 is 1.22 bits per heavy atom. The average molecular weight is 244 g/mol. The third kappa shape index (κ3) is 1.78. The molecule has 4 nitrogen and oxygen atoms in total. The van der Waals surface area contributed by atoms with E-state index in [-0.39, 0.29) is 23.9 Å². The van der Waals surface area contributed by atoms with Crippen LogP contribution in [-0.4, -0.2) is 28.8 Å². The Hall–Kier alpha value is -1.84. The summed E-state index contributed by atoms with van der Waals surface area (Å²) < 4.78 is 0. The van der Waals surface area contributed by atoms with Crippen molar-refractivity contribution >= 4 is 11.8 Å². The van der Waals surface area contributed by atoms with Crippen LogP contribution in [0.4, 0.5) is 0 Å². The summed E-state index contributed by atoms with van der Waals surface area (Å²) in [5, 5.41) is 2.78. The van der Waals surface area contributed by atoms with Gasteiger partial charge in [0.2, 0.25) is 5.91 Å². The highest BCUT2D eigenvalue weighted by atomic mass is 16.2. The van der Waals surface area contributed by atoms with Gasteiger partial charge in [0.15, 0.2) is 0 Å². The summed E-state index contributed by atoms with van der Waals surface area (Å²) in [6.45, 7) is 2.24. The minimum Gasteiger partial charge on any atom is -0.339 e. The van der Waals surface area contributed by atoms with Crippen molar-refractivity contribution in [1.29, 1.82) is 0 Å². The lowest BCUT2D eigenvalue weighted by molar-refractivity contribution is -0.147. The molecule has 0 radical (unpaired) electrons. The first-order valence-corrected chi connectivity index (χ1v) is 6.26. The molecule has 1 unspecified atom stereocenters. The van der Waals surface area contributed by atoms with Crippen LogP contribution in [0.1, 0.15) is 31.4 Å². The van der Waals surface area contributed by atoms with Crippen molar-refractivity contribution in [2.75, 3.05) is 6.54 Å². The van der Waals surface area contributed by atoms with Gasteiger partial charge in [-0.1, -0.05) is 30.3 Å². The molecule has 0 bridgehead atoms. The summed E-state index contributed by atoms with van der Waals surface area (Å²) in [5.41, 5.74) is 0.756. The second-order valence-corrected chi connectivity index (χ2v) is 5.33. The highest BCUT2D eigenvalue weighted by Gasteiger charge is 2.50. The summed E-state index contributed by atoms with van der Waals surface area (Å²) in [4.78, 5) is 26.0. The number of carbonyl (C=O) groups is 2. The van der Waals surface area contributed by atoms with E-state index in [0.29, 0.717) is 0 Å². The summed E-state index contributed by atoms with van der Waals surface area (Å²) in [5.74, 6) is -0.0580. The number of nitrogens with one attached hydrogen (secondary N) is 1. The molecule has 1 N–H and O–H groups in total. The van der Waals surface area contributed by atoms with Gasteiger partial charge < -0.3 is 10.2 Å². The molecule has 4 heteroatoms. The first-order valence-electron chi connectivity index (χ1n) is 6.26. The second-order valence-electron chi connectivity index (χ2n) is 5.33. The molecule has 1 atom stereocenters. The quantitative estimate of drug-likeness (QED) is 0.851. The van der Waals surface area contributed by atoms with E-state index in [0.717, 1.165) is 18.4 Å². The number of rotatable bonds is 2. The van der Waals surface area contributed by atoms with Crippen LogP contribution in [0.25, 0.3) is 0 Å². The number of piperazine rings is 1. The maximum absolute atomic E-state index is 12.5. The third-order valence-corrected chi connectivity index (χ3v) is 3.88. The van der Waals surface area contributed by atoms with E-state index in [1.165, 1.54) is 0 Å². The number of hydrogen-bond acceptors (Lipinski definition) is 2. The van der Waals surface area contributed by atoms with Crippen LogP contribution in [0, 0.1) is 0 Å². The Bertz CT molecular complexity index is 494. The molecule has 2 amide bonds. The standard InChI is InChI=1S/C14H16N2O2/c1-14(7-8-14)16-9-11(17)15-12(13(16)18)10-5-3-2-4-6-10/h2-6,12H,7-9H2,1H3,(H,15,17). The summed E-state index contributed by atoms with van der Waals surface area (Å²) in [6.07, 6.45) is 1.99. The number of carbonyl (C=O) groups excluding carboxylic acids is 2. The molecular weight excluding hydrogens is 228 g/mol. The number of hydrogen-bond donors (Lipinski definition) is 1. The van der Waals surface area contributed by atoms with Crippen molar-refractivity contribution in [2.45, 2.75) is 31.3 Å². The highest BCUT2D eigenvalue weighted by Crippen LogP contribution is 2.42. The topological polar surface area (TPSA) is 49.4 Å². The maximum Gasteiger partial charge on any atom is 0.250 e. The second kappa shape index (κ2) is 3.83. The molecule has 0 spiro atoms. The van der Waals surface area contributed by atoms with E-state index < -0.39 is 6.04 Å². The van der Waals surface area contributed by atoms with Crippen LogP contribution in [0.3, 0.4) is 0 Å². The minimum atomic E-state index is -0.523. The molecule has 2 aliphatic rings. The van der Waals surface area contributed by atoms with Crippen molar-refractivity contribution in [1.82, 2.24) is 10.2 Å². The van der Waals surface area contributed by atoms with E-state index in [2.05, 4.69) is 5.32 Å². The summed E-state index contributed by atoms with van der Waals surface area (Å²) in [7, 11) is 0. The SMILES string of the molecule is CC1(N2CC(=O)NC(c3ccccc3)C2=O)CC1. The molecule has 1 aromatic rings. The van der Waals surface area contributed by atoms with Gasteiger partial charge >= 0.3 is 0 Å². The fourth-order valence-electron chi connectivity index (χ4n) is 2.42. The van der Waals surface area contributed by atoms with Gasteiger partial charge in [0, 0.05) is 5.54 Å². The van der Waals surface area contributed by atoms with E-state index in [4.69, 9.17) is 0 Å². The van der Waals surface area contributed by atoms with Crippen LogP contribution in [0.2, 0.25) is 0 Å². The Morgan fingerprint density at radius 2 is 1.89 bits per heavy atom. The van der Waals surface area contributed by atoms with Gasteiger partial charge in [0.25, 0.3) is 5.91 Å². The highest BCUT2D eigenvalue weighted by molar-refractivity contribution is 5.96. The van der Waals surface area contributed by atoms with Crippen molar-refractivity contribution in [3.05, 3.63) is 35.9 Å². The monoisotopic (exact) mass is 244 g/mol. The van der Waals surface area contributed by atoms with E-state index in [9.17, 15) is 9.59 Å². The van der Waals surface area contributed by atoms with Crippen LogP contribution in [-0.2, 0) is 9.59 Å². The van der Waals surface area contributed by atoms with E-state index >= 15 is 0 Å². The van der Waals surface area contributed by atoms with Gasteiger partial charge in [-0.2, -0.15) is 0 Å². The lowest BCUT2D eigenvalue weighted by Crippen LogP contribution is -2.57. The molecule has 1 heterocycles. The van der Waals surface area contributed by atoms with Crippen molar-refractivity contribution in [3.8, 4) is 0 Å². The zero-order valence-corrected chi connectivity index (χ0v) is 10.3. The van der Waals surface area contributed by atoms with Crippen LogP contribution in [0.15, 0.2) is 30.3 Å². The predicted octanol–water partition coefficient (Wildman–Crippen LogP) is 1.24. The lowest BCUT2D eigenvalue weighted by Gasteiger charge is -2.37. The Balaban J connectivity index is 1.91. The summed E-state index contributed by atoms with van der Waals surface area (Å²) >= 11 is 0. The molecule has 94 valence electrons. The molecule has 1 aromatic carbocycles. The number of amides is 2. The lowest BCUT2D eigenvalue weighted by atomic mass is 10.0. The zero-order valence-electron chi connectivity index (χ0n) is 10.3. The van der Waals surface area contributed by atoms with Gasteiger partial charge in [0.05, 0.1) is 0 Å². The molecule has 1 aliphatic heterocycles. The first-order chi connectivity index (χ1) is 8.60. The Labute approximate surface area is 106 Å². The maximum atomic E-state index is 12.5. The van der Waals surface area contributed by atoms with E-state index in [1.807, 2.05) is 37.3 Å². The van der Waals surface area contributed by atoms with Crippen molar-refractivity contribution in [2.24, 2.45) is 0 Å². The number of nitrogens with zero attached hydrogens (tertiary/aromatic N) is 1. The molecular formula is C14H16N2O2. The van der Waals surface area contributed by atoms with Crippen LogP contribution >= 0.6 is 0 Å².